The van der Waals surface area contributed by atoms with Crippen molar-refractivity contribution in [3.8, 4) is 0 Å². The van der Waals surface area contributed by atoms with Crippen molar-refractivity contribution < 1.29 is 14.4 Å². The molecule has 3 N–H and O–H groups in total. The number of amidine groups is 1. The number of nitrogens with two attached hydrogens (primary N) is 1. The molecule has 0 saturated carbocycles. The number of amides is 1. The van der Waals surface area contributed by atoms with Gasteiger partial charge in [0.2, 0.25) is 0 Å². The van der Waals surface area contributed by atoms with Crippen molar-refractivity contribution in [3.63, 3.8) is 0 Å². The Morgan fingerprint density at radius 2 is 2.33 bits per heavy atom. The fourth-order valence-electron chi connectivity index (χ4n) is 1.58. The zero-order valence-electron chi connectivity index (χ0n) is 10.7. The Morgan fingerprint density at radius 1 is 1.61 bits per heavy atom. The summed E-state index contributed by atoms with van der Waals surface area (Å²) in [5, 5.41) is 11.4. The Kier molecular flexibility index (Phi) is 5.23. The average Bonchev–Trinajstić information content (AvgIpc) is 2.86. The Bertz CT molecular complexity index is 399. The molecule has 0 spiro atoms. The molecule has 1 heterocycles. The molecule has 1 aromatic heterocycles. The quantitative estimate of drug-likeness (QED) is 0.348. The van der Waals surface area contributed by atoms with Gasteiger partial charge in [-0.25, -0.2) is 0 Å². The maximum atomic E-state index is 12.2. The Balaban J connectivity index is 2.69. The van der Waals surface area contributed by atoms with Crippen LogP contribution in [-0.4, -0.2) is 34.9 Å². The summed E-state index contributed by atoms with van der Waals surface area (Å²) in [4.78, 5) is 13.8. The van der Waals surface area contributed by atoms with E-state index in [-0.39, 0.29) is 11.7 Å². The second-order valence-corrected chi connectivity index (χ2v) is 4.50. The highest BCUT2D eigenvalue weighted by Gasteiger charge is 2.18. The third kappa shape index (κ3) is 4.12. The van der Waals surface area contributed by atoms with Crippen molar-refractivity contribution in [2.24, 2.45) is 16.8 Å². The van der Waals surface area contributed by atoms with E-state index in [1.807, 2.05) is 13.8 Å². The van der Waals surface area contributed by atoms with Crippen LogP contribution in [-0.2, 0) is 0 Å². The zero-order chi connectivity index (χ0) is 13.5. The molecule has 0 fully saturated rings. The lowest BCUT2D eigenvalue weighted by molar-refractivity contribution is 0.0740. The molecule has 6 heteroatoms. The Labute approximate surface area is 106 Å². The van der Waals surface area contributed by atoms with Crippen molar-refractivity contribution in [1.82, 2.24) is 4.90 Å². The summed E-state index contributed by atoms with van der Waals surface area (Å²) < 4.78 is 4.90. The average molecular weight is 253 g/mol. The summed E-state index contributed by atoms with van der Waals surface area (Å²) in [6, 6.07) is 1.62. The number of furan rings is 1. The molecule has 0 unspecified atom stereocenters. The number of nitrogens with zero attached hydrogens (tertiary/aromatic N) is 2. The van der Waals surface area contributed by atoms with E-state index >= 15 is 0 Å². The Hall–Kier alpha value is -1.98. The molecule has 0 aliphatic heterocycles. The van der Waals surface area contributed by atoms with Gasteiger partial charge in [-0.2, -0.15) is 0 Å². The SMILES string of the molecule is CC(C)CN(CCC(N)=NO)C(=O)c1ccoc1. The van der Waals surface area contributed by atoms with Crippen molar-refractivity contribution >= 4 is 11.7 Å². The molecular formula is C12H19N3O3. The van der Waals surface area contributed by atoms with Crippen LogP contribution in [0.15, 0.2) is 28.2 Å². The molecule has 1 aromatic rings. The van der Waals surface area contributed by atoms with Gasteiger partial charge in [0, 0.05) is 19.5 Å². The number of hydrogen-bond donors (Lipinski definition) is 2. The van der Waals surface area contributed by atoms with Gasteiger partial charge in [-0.1, -0.05) is 19.0 Å². The molecule has 0 radical (unpaired) electrons. The highest BCUT2D eigenvalue weighted by Crippen LogP contribution is 2.09. The maximum absolute atomic E-state index is 12.2. The minimum absolute atomic E-state index is 0.108. The lowest BCUT2D eigenvalue weighted by Gasteiger charge is -2.23. The molecule has 1 rings (SSSR count). The molecule has 18 heavy (non-hydrogen) atoms. The van der Waals surface area contributed by atoms with E-state index in [2.05, 4.69) is 5.16 Å². The first-order valence-corrected chi connectivity index (χ1v) is 5.82. The zero-order valence-corrected chi connectivity index (χ0v) is 10.7. The van der Waals surface area contributed by atoms with E-state index in [1.54, 1.807) is 11.0 Å². The lowest BCUT2D eigenvalue weighted by atomic mass is 10.1. The normalized spacial score (nSPS) is 11.8. The molecule has 0 saturated heterocycles. The smallest absolute Gasteiger partial charge is 0.257 e. The van der Waals surface area contributed by atoms with Crippen LogP contribution in [0.3, 0.4) is 0 Å². The van der Waals surface area contributed by atoms with Crippen LogP contribution in [0.25, 0.3) is 0 Å². The van der Waals surface area contributed by atoms with Crippen LogP contribution < -0.4 is 5.73 Å². The molecule has 1 amide bonds. The van der Waals surface area contributed by atoms with Crippen molar-refractivity contribution in [1.29, 1.82) is 0 Å². The van der Waals surface area contributed by atoms with Crippen LogP contribution in [0.4, 0.5) is 0 Å². The van der Waals surface area contributed by atoms with Gasteiger partial charge in [-0.3, -0.25) is 4.79 Å². The molecular weight excluding hydrogens is 234 g/mol. The van der Waals surface area contributed by atoms with Crippen molar-refractivity contribution in [3.05, 3.63) is 24.2 Å². The molecule has 0 aliphatic carbocycles. The largest absolute Gasteiger partial charge is 0.472 e. The predicted octanol–water partition coefficient (Wildman–Crippen LogP) is 1.51. The molecule has 0 bridgehead atoms. The molecule has 6 nitrogen and oxygen atoms in total. The minimum Gasteiger partial charge on any atom is -0.472 e. The lowest BCUT2D eigenvalue weighted by Crippen LogP contribution is -2.36. The number of carbonyl (C=O) groups is 1. The van der Waals surface area contributed by atoms with E-state index in [0.29, 0.717) is 31.0 Å². The summed E-state index contributed by atoms with van der Waals surface area (Å²) in [5.41, 5.74) is 5.92. The maximum Gasteiger partial charge on any atom is 0.257 e. The van der Waals surface area contributed by atoms with Crippen molar-refractivity contribution in [2.75, 3.05) is 13.1 Å². The van der Waals surface area contributed by atoms with E-state index < -0.39 is 0 Å². The van der Waals surface area contributed by atoms with Gasteiger partial charge in [-0.15, -0.1) is 0 Å². The van der Waals surface area contributed by atoms with E-state index in [4.69, 9.17) is 15.4 Å². The highest BCUT2D eigenvalue weighted by molar-refractivity contribution is 5.94. The van der Waals surface area contributed by atoms with E-state index in [1.165, 1.54) is 12.5 Å². The molecule has 0 atom stereocenters. The third-order valence-electron chi connectivity index (χ3n) is 2.41. The van der Waals surface area contributed by atoms with Gasteiger partial charge in [0.1, 0.15) is 12.1 Å². The van der Waals surface area contributed by atoms with Gasteiger partial charge in [0.15, 0.2) is 0 Å². The fourth-order valence-corrected chi connectivity index (χ4v) is 1.58. The highest BCUT2D eigenvalue weighted by atomic mass is 16.4. The topological polar surface area (TPSA) is 92.1 Å². The number of rotatable bonds is 6. The molecule has 100 valence electrons. The second kappa shape index (κ2) is 6.68. The van der Waals surface area contributed by atoms with Crippen LogP contribution in [0.2, 0.25) is 0 Å². The van der Waals surface area contributed by atoms with Gasteiger partial charge in [-0.05, 0) is 12.0 Å². The van der Waals surface area contributed by atoms with Crippen LogP contribution in [0, 0.1) is 5.92 Å². The number of hydrogen-bond acceptors (Lipinski definition) is 4. The van der Waals surface area contributed by atoms with Gasteiger partial charge < -0.3 is 20.3 Å². The van der Waals surface area contributed by atoms with Crippen LogP contribution in [0.1, 0.15) is 30.6 Å². The Morgan fingerprint density at radius 3 is 2.83 bits per heavy atom. The first kappa shape index (κ1) is 14.1. The minimum atomic E-state index is -0.108. The van der Waals surface area contributed by atoms with E-state index in [0.717, 1.165) is 0 Å². The molecule has 0 aliphatic rings. The van der Waals surface area contributed by atoms with Crippen LogP contribution >= 0.6 is 0 Å². The summed E-state index contributed by atoms with van der Waals surface area (Å²) in [5.74, 6) is 0.347. The number of carbonyl (C=O) groups excluding carboxylic acids is 1. The number of oxime groups is 1. The molecule has 0 aromatic carbocycles. The third-order valence-corrected chi connectivity index (χ3v) is 2.41. The van der Waals surface area contributed by atoms with Gasteiger partial charge in [0.25, 0.3) is 5.91 Å². The van der Waals surface area contributed by atoms with Gasteiger partial charge >= 0.3 is 0 Å². The van der Waals surface area contributed by atoms with Crippen LogP contribution in [0.5, 0.6) is 0 Å². The van der Waals surface area contributed by atoms with E-state index in [9.17, 15) is 4.79 Å². The fraction of sp³-hybridized carbons (Fsp3) is 0.500. The predicted molar refractivity (Wildman–Crippen MR) is 67.5 cm³/mol. The summed E-state index contributed by atoms with van der Waals surface area (Å²) >= 11 is 0. The first-order valence-electron chi connectivity index (χ1n) is 5.82. The van der Waals surface area contributed by atoms with Crippen molar-refractivity contribution in [2.45, 2.75) is 20.3 Å². The second-order valence-electron chi connectivity index (χ2n) is 4.50. The summed E-state index contributed by atoms with van der Waals surface area (Å²) in [6.45, 7) is 5.08. The van der Waals surface area contributed by atoms with Gasteiger partial charge in [0.05, 0.1) is 11.8 Å². The summed E-state index contributed by atoms with van der Waals surface area (Å²) in [6.07, 6.45) is 3.22. The monoisotopic (exact) mass is 253 g/mol. The summed E-state index contributed by atoms with van der Waals surface area (Å²) in [7, 11) is 0. The standard InChI is InChI=1S/C12H19N3O3/c1-9(2)7-15(5-3-11(13)14-17)12(16)10-4-6-18-8-10/h4,6,8-9,17H,3,5,7H2,1-2H3,(H2,13,14). The first-order chi connectivity index (χ1) is 8.54.